The maximum absolute atomic E-state index is 12.1. The number of amides is 2. The number of ether oxygens (including phenoxy) is 1. The smallest absolute Gasteiger partial charge is 0.238 e. The molecule has 0 spiro atoms. The van der Waals surface area contributed by atoms with Gasteiger partial charge in [0.2, 0.25) is 11.8 Å². The molecular formula is C15H21N3O3. The van der Waals surface area contributed by atoms with E-state index in [9.17, 15) is 9.59 Å². The maximum atomic E-state index is 12.1. The van der Waals surface area contributed by atoms with Crippen LogP contribution in [0.1, 0.15) is 13.3 Å². The highest BCUT2D eigenvalue weighted by Crippen LogP contribution is 2.21. The molecule has 1 aliphatic rings. The highest BCUT2D eigenvalue weighted by atomic mass is 16.5. The van der Waals surface area contributed by atoms with Crippen LogP contribution in [-0.2, 0) is 14.3 Å². The van der Waals surface area contributed by atoms with Crippen LogP contribution in [0.3, 0.4) is 0 Å². The number of hydrogen-bond donors (Lipinski definition) is 2. The Balaban J connectivity index is 1.92. The van der Waals surface area contributed by atoms with Crippen LogP contribution in [-0.4, -0.2) is 49.6 Å². The quantitative estimate of drug-likeness (QED) is 0.858. The minimum absolute atomic E-state index is 0.0930. The van der Waals surface area contributed by atoms with Gasteiger partial charge in [0.05, 0.1) is 24.0 Å². The molecule has 1 aromatic rings. The second-order valence-electron chi connectivity index (χ2n) is 5.16. The standard InChI is InChI=1S/C15H21N3O3/c1-11(19)16-13-5-3-4-6-14(13)17-15(20)10-18-8-7-12(9-18)21-2/h3-6,12H,7-10H2,1-2H3,(H,16,19)(H,17,20)/t12-/m1/s1. The van der Waals surface area contributed by atoms with Crippen molar-refractivity contribution in [1.82, 2.24) is 4.90 Å². The Morgan fingerprint density at radius 2 is 1.95 bits per heavy atom. The van der Waals surface area contributed by atoms with Crippen molar-refractivity contribution in [2.24, 2.45) is 0 Å². The summed E-state index contributed by atoms with van der Waals surface area (Å²) in [5, 5.41) is 5.54. The summed E-state index contributed by atoms with van der Waals surface area (Å²) in [6, 6.07) is 7.15. The molecule has 114 valence electrons. The minimum Gasteiger partial charge on any atom is -0.380 e. The first kappa shape index (κ1) is 15.5. The number of methoxy groups -OCH3 is 1. The van der Waals surface area contributed by atoms with Crippen molar-refractivity contribution in [3.05, 3.63) is 24.3 Å². The van der Waals surface area contributed by atoms with Crippen molar-refractivity contribution < 1.29 is 14.3 Å². The van der Waals surface area contributed by atoms with Gasteiger partial charge >= 0.3 is 0 Å². The van der Waals surface area contributed by atoms with Crippen LogP contribution >= 0.6 is 0 Å². The van der Waals surface area contributed by atoms with Crippen LogP contribution in [0.5, 0.6) is 0 Å². The summed E-state index contributed by atoms with van der Waals surface area (Å²) in [7, 11) is 1.69. The molecule has 1 atom stereocenters. The number of carbonyl (C=O) groups excluding carboxylic acids is 2. The number of benzene rings is 1. The molecule has 0 unspecified atom stereocenters. The first-order chi connectivity index (χ1) is 10.1. The van der Waals surface area contributed by atoms with Gasteiger partial charge in [-0.15, -0.1) is 0 Å². The zero-order valence-electron chi connectivity index (χ0n) is 12.4. The van der Waals surface area contributed by atoms with Crippen molar-refractivity contribution in [3.63, 3.8) is 0 Å². The van der Waals surface area contributed by atoms with Gasteiger partial charge in [-0.1, -0.05) is 12.1 Å². The molecule has 1 aromatic carbocycles. The van der Waals surface area contributed by atoms with E-state index in [1.807, 2.05) is 12.1 Å². The third kappa shape index (κ3) is 4.54. The van der Waals surface area contributed by atoms with E-state index in [4.69, 9.17) is 4.74 Å². The topological polar surface area (TPSA) is 70.7 Å². The Morgan fingerprint density at radius 1 is 1.29 bits per heavy atom. The summed E-state index contributed by atoms with van der Waals surface area (Å²) in [5.41, 5.74) is 1.22. The number of anilines is 2. The fourth-order valence-electron chi connectivity index (χ4n) is 2.42. The molecular weight excluding hydrogens is 270 g/mol. The van der Waals surface area contributed by atoms with Crippen molar-refractivity contribution in [2.75, 3.05) is 37.4 Å². The van der Waals surface area contributed by atoms with E-state index >= 15 is 0 Å². The largest absolute Gasteiger partial charge is 0.380 e. The van der Waals surface area contributed by atoms with Gasteiger partial charge < -0.3 is 15.4 Å². The predicted molar refractivity (Wildman–Crippen MR) is 81.2 cm³/mol. The lowest BCUT2D eigenvalue weighted by molar-refractivity contribution is -0.117. The molecule has 0 bridgehead atoms. The Hall–Kier alpha value is -1.92. The van der Waals surface area contributed by atoms with E-state index in [1.54, 1.807) is 19.2 Å². The van der Waals surface area contributed by atoms with Crippen molar-refractivity contribution in [3.8, 4) is 0 Å². The van der Waals surface area contributed by atoms with E-state index < -0.39 is 0 Å². The zero-order chi connectivity index (χ0) is 15.2. The molecule has 0 aromatic heterocycles. The highest BCUT2D eigenvalue weighted by molar-refractivity contribution is 5.99. The van der Waals surface area contributed by atoms with E-state index in [0.29, 0.717) is 17.9 Å². The summed E-state index contributed by atoms with van der Waals surface area (Å²) in [5.74, 6) is -0.260. The van der Waals surface area contributed by atoms with Crippen LogP contribution < -0.4 is 10.6 Å². The van der Waals surface area contributed by atoms with Crippen molar-refractivity contribution >= 4 is 23.2 Å². The normalized spacial score (nSPS) is 18.5. The number of nitrogens with zero attached hydrogens (tertiary/aromatic N) is 1. The second kappa shape index (κ2) is 7.19. The fraction of sp³-hybridized carbons (Fsp3) is 0.467. The Kier molecular flexibility index (Phi) is 5.30. The SMILES string of the molecule is CO[C@@H]1CCN(CC(=O)Nc2ccccc2NC(C)=O)C1. The summed E-state index contributed by atoms with van der Waals surface area (Å²) < 4.78 is 5.28. The van der Waals surface area contributed by atoms with Crippen molar-refractivity contribution in [2.45, 2.75) is 19.4 Å². The number of likely N-dealkylation sites (tertiary alicyclic amines) is 1. The van der Waals surface area contributed by atoms with Gasteiger partial charge in [0, 0.05) is 27.1 Å². The molecule has 0 aliphatic carbocycles. The van der Waals surface area contributed by atoms with E-state index in [1.165, 1.54) is 6.92 Å². The molecule has 2 N–H and O–H groups in total. The summed E-state index contributed by atoms with van der Waals surface area (Å²) in [4.78, 5) is 25.3. The van der Waals surface area contributed by atoms with Crippen LogP contribution in [0.2, 0.25) is 0 Å². The molecule has 2 amide bonds. The first-order valence-electron chi connectivity index (χ1n) is 7.00. The Morgan fingerprint density at radius 3 is 2.52 bits per heavy atom. The molecule has 2 rings (SSSR count). The number of hydrogen-bond acceptors (Lipinski definition) is 4. The number of para-hydroxylation sites is 2. The van der Waals surface area contributed by atoms with Gasteiger partial charge in [0.15, 0.2) is 0 Å². The van der Waals surface area contributed by atoms with Crippen LogP contribution in [0.4, 0.5) is 11.4 Å². The molecule has 1 aliphatic heterocycles. The van der Waals surface area contributed by atoms with Crippen LogP contribution in [0, 0.1) is 0 Å². The van der Waals surface area contributed by atoms with Gasteiger partial charge in [-0.25, -0.2) is 0 Å². The Bertz CT molecular complexity index is 519. The fourth-order valence-corrected chi connectivity index (χ4v) is 2.42. The third-order valence-corrected chi connectivity index (χ3v) is 3.44. The van der Waals surface area contributed by atoms with Crippen LogP contribution in [0.15, 0.2) is 24.3 Å². The molecule has 1 saturated heterocycles. The monoisotopic (exact) mass is 291 g/mol. The first-order valence-corrected chi connectivity index (χ1v) is 7.00. The molecule has 6 nitrogen and oxygen atoms in total. The number of carbonyl (C=O) groups is 2. The maximum Gasteiger partial charge on any atom is 0.238 e. The molecule has 21 heavy (non-hydrogen) atoms. The van der Waals surface area contributed by atoms with Gasteiger partial charge in [-0.3, -0.25) is 14.5 Å². The highest BCUT2D eigenvalue weighted by Gasteiger charge is 2.23. The second-order valence-corrected chi connectivity index (χ2v) is 5.16. The van der Waals surface area contributed by atoms with Gasteiger partial charge in [-0.2, -0.15) is 0 Å². The third-order valence-electron chi connectivity index (χ3n) is 3.44. The van der Waals surface area contributed by atoms with E-state index in [0.717, 1.165) is 19.5 Å². The summed E-state index contributed by atoms with van der Waals surface area (Å²) in [6.45, 7) is 3.40. The van der Waals surface area contributed by atoms with E-state index in [-0.39, 0.29) is 17.9 Å². The lowest BCUT2D eigenvalue weighted by Crippen LogP contribution is -2.32. The summed E-state index contributed by atoms with van der Waals surface area (Å²) in [6.07, 6.45) is 1.16. The summed E-state index contributed by atoms with van der Waals surface area (Å²) >= 11 is 0. The minimum atomic E-state index is -0.167. The average molecular weight is 291 g/mol. The Labute approximate surface area is 124 Å². The van der Waals surface area contributed by atoms with Gasteiger partial charge in [-0.05, 0) is 18.6 Å². The zero-order valence-corrected chi connectivity index (χ0v) is 12.4. The average Bonchev–Trinajstić information content (AvgIpc) is 2.88. The predicted octanol–water partition coefficient (Wildman–Crippen LogP) is 1.30. The van der Waals surface area contributed by atoms with Crippen LogP contribution in [0.25, 0.3) is 0 Å². The molecule has 1 heterocycles. The molecule has 1 fully saturated rings. The lowest BCUT2D eigenvalue weighted by atomic mass is 10.2. The lowest BCUT2D eigenvalue weighted by Gasteiger charge is -2.16. The molecule has 6 heteroatoms. The molecule has 0 radical (unpaired) electrons. The van der Waals surface area contributed by atoms with Gasteiger partial charge in [0.1, 0.15) is 0 Å². The number of rotatable bonds is 5. The van der Waals surface area contributed by atoms with Crippen molar-refractivity contribution in [1.29, 1.82) is 0 Å². The number of nitrogens with one attached hydrogen (secondary N) is 2. The molecule has 0 saturated carbocycles. The van der Waals surface area contributed by atoms with Gasteiger partial charge in [0.25, 0.3) is 0 Å². The van der Waals surface area contributed by atoms with E-state index in [2.05, 4.69) is 15.5 Å².